The van der Waals surface area contributed by atoms with E-state index in [4.69, 9.17) is 4.74 Å². The second kappa shape index (κ2) is 9.86. The van der Waals surface area contributed by atoms with E-state index in [1.165, 1.54) is 45.1 Å². The van der Waals surface area contributed by atoms with Crippen LogP contribution in [0.5, 0.6) is 0 Å². The quantitative estimate of drug-likeness (QED) is 0.628. The van der Waals surface area contributed by atoms with Gasteiger partial charge in [0.15, 0.2) is 0 Å². The molecule has 0 amide bonds. The second-order valence-electron chi connectivity index (χ2n) is 5.21. The van der Waals surface area contributed by atoms with Crippen LogP contribution in [0.1, 0.15) is 45.4 Å². The van der Waals surface area contributed by atoms with E-state index in [1.807, 2.05) is 0 Å². The van der Waals surface area contributed by atoms with Crippen molar-refractivity contribution in [1.29, 1.82) is 0 Å². The molecule has 0 aromatic rings. The Labute approximate surface area is 107 Å². The predicted molar refractivity (Wildman–Crippen MR) is 73.5 cm³/mol. The SMILES string of the molecule is CCCCCNCCN(C)CC1CCCCO1. The Hall–Kier alpha value is -0.120. The van der Waals surface area contributed by atoms with Gasteiger partial charge in [0.25, 0.3) is 0 Å². The molecule has 1 aliphatic heterocycles. The molecule has 0 spiro atoms. The number of ether oxygens (including phenoxy) is 1. The number of nitrogens with zero attached hydrogens (tertiary/aromatic N) is 1. The molecule has 1 unspecified atom stereocenters. The van der Waals surface area contributed by atoms with Gasteiger partial charge in [0.2, 0.25) is 0 Å². The molecule has 0 aromatic heterocycles. The van der Waals surface area contributed by atoms with Crippen LogP contribution in [0, 0.1) is 0 Å². The Morgan fingerprint density at radius 2 is 2.12 bits per heavy atom. The lowest BCUT2D eigenvalue weighted by atomic mass is 10.1. The van der Waals surface area contributed by atoms with E-state index in [0.29, 0.717) is 6.10 Å². The van der Waals surface area contributed by atoms with Crippen LogP contribution >= 0.6 is 0 Å². The zero-order valence-electron chi connectivity index (χ0n) is 11.7. The van der Waals surface area contributed by atoms with Crippen LogP contribution in [0.2, 0.25) is 0 Å². The summed E-state index contributed by atoms with van der Waals surface area (Å²) in [5.41, 5.74) is 0. The summed E-state index contributed by atoms with van der Waals surface area (Å²) in [6.45, 7) is 7.71. The molecule has 102 valence electrons. The first-order chi connectivity index (χ1) is 8.33. The third-order valence-electron chi connectivity index (χ3n) is 3.42. The van der Waals surface area contributed by atoms with Gasteiger partial charge in [-0.15, -0.1) is 0 Å². The topological polar surface area (TPSA) is 24.5 Å². The number of likely N-dealkylation sites (N-methyl/N-ethyl adjacent to an activating group) is 1. The minimum absolute atomic E-state index is 0.480. The van der Waals surface area contributed by atoms with Crippen molar-refractivity contribution in [3.8, 4) is 0 Å². The van der Waals surface area contributed by atoms with Crippen LogP contribution in [0.15, 0.2) is 0 Å². The van der Waals surface area contributed by atoms with Gasteiger partial charge in [-0.1, -0.05) is 19.8 Å². The van der Waals surface area contributed by atoms with E-state index in [0.717, 1.165) is 26.2 Å². The number of nitrogens with one attached hydrogen (secondary N) is 1. The molecule has 3 nitrogen and oxygen atoms in total. The van der Waals surface area contributed by atoms with Crippen molar-refractivity contribution in [1.82, 2.24) is 10.2 Å². The molecular weight excluding hydrogens is 212 g/mol. The van der Waals surface area contributed by atoms with Crippen LogP contribution in [0.3, 0.4) is 0 Å². The highest BCUT2D eigenvalue weighted by atomic mass is 16.5. The molecule has 1 rings (SSSR count). The van der Waals surface area contributed by atoms with Crippen molar-refractivity contribution in [2.24, 2.45) is 0 Å². The molecule has 1 fully saturated rings. The number of rotatable bonds is 9. The average molecular weight is 242 g/mol. The van der Waals surface area contributed by atoms with Crippen LogP contribution in [-0.4, -0.2) is 50.8 Å². The van der Waals surface area contributed by atoms with E-state index in [1.54, 1.807) is 0 Å². The average Bonchev–Trinajstić information content (AvgIpc) is 2.35. The first kappa shape index (κ1) is 14.9. The summed E-state index contributed by atoms with van der Waals surface area (Å²) in [5, 5.41) is 3.51. The maximum Gasteiger partial charge on any atom is 0.0701 e. The summed E-state index contributed by atoms with van der Waals surface area (Å²) in [5.74, 6) is 0. The van der Waals surface area contributed by atoms with Crippen molar-refractivity contribution in [2.45, 2.75) is 51.6 Å². The normalized spacial score (nSPS) is 21.0. The number of hydrogen-bond acceptors (Lipinski definition) is 3. The zero-order chi connectivity index (χ0) is 12.3. The van der Waals surface area contributed by atoms with Gasteiger partial charge in [-0.2, -0.15) is 0 Å². The van der Waals surface area contributed by atoms with Gasteiger partial charge in [0.05, 0.1) is 6.10 Å². The fourth-order valence-electron chi connectivity index (χ4n) is 2.29. The van der Waals surface area contributed by atoms with E-state index in [2.05, 4.69) is 24.2 Å². The summed E-state index contributed by atoms with van der Waals surface area (Å²) in [6, 6.07) is 0. The molecule has 0 aliphatic carbocycles. The van der Waals surface area contributed by atoms with Gasteiger partial charge < -0.3 is 15.0 Å². The molecule has 17 heavy (non-hydrogen) atoms. The third-order valence-corrected chi connectivity index (χ3v) is 3.42. The van der Waals surface area contributed by atoms with Gasteiger partial charge in [-0.3, -0.25) is 0 Å². The van der Waals surface area contributed by atoms with E-state index in [9.17, 15) is 0 Å². The zero-order valence-corrected chi connectivity index (χ0v) is 11.7. The van der Waals surface area contributed by atoms with Gasteiger partial charge >= 0.3 is 0 Å². The van der Waals surface area contributed by atoms with E-state index < -0.39 is 0 Å². The highest BCUT2D eigenvalue weighted by molar-refractivity contribution is 4.68. The van der Waals surface area contributed by atoms with Crippen molar-refractivity contribution in [3.05, 3.63) is 0 Å². The predicted octanol–water partition coefficient (Wildman–Crippen LogP) is 2.27. The molecule has 1 saturated heterocycles. The van der Waals surface area contributed by atoms with Crippen LogP contribution < -0.4 is 5.32 Å². The highest BCUT2D eigenvalue weighted by Gasteiger charge is 2.15. The molecule has 1 heterocycles. The number of hydrogen-bond donors (Lipinski definition) is 1. The first-order valence-corrected chi connectivity index (χ1v) is 7.33. The monoisotopic (exact) mass is 242 g/mol. The van der Waals surface area contributed by atoms with Crippen molar-refractivity contribution >= 4 is 0 Å². The van der Waals surface area contributed by atoms with E-state index in [-0.39, 0.29) is 0 Å². The third kappa shape index (κ3) is 7.74. The largest absolute Gasteiger partial charge is 0.377 e. The fourth-order valence-corrected chi connectivity index (χ4v) is 2.29. The Balaban J connectivity index is 1.91. The fraction of sp³-hybridized carbons (Fsp3) is 1.00. The lowest BCUT2D eigenvalue weighted by molar-refractivity contribution is -0.00121. The standard InChI is InChI=1S/C14H30N2O/c1-3-4-6-9-15-10-11-16(2)13-14-8-5-7-12-17-14/h14-15H,3-13H2,1-2H3. The van der Waals surface area contributed by atoms with Crippen LogP contribution in [0.25, 0.3) is 0 Å². The van der Waals surface area contributed by atoms with Crippen LogP contribution in [-0.2, 0) is 4.74 Å². The lowest BCUT2D eigenvalue weighted by Gasteiger charge is -2.27. The Morgan fingerprint density at radius 3 is 2.82 bits per heavy atom. The lowest BCUT2D eigenvalue weighted by Crippen LogP contribution is -2.37. The van der Waals surface area contributed by atoms with Crippen molar-refractivity contribution < 1.29 is 4.74 Å². The molecule has 3 heteroatoms. The van der Waals surface area contributed by atoms with Crippen molar-refractivity contribution in [2.75, 3.05) is 39.8 Å². The molecule has 0 radical (unpaired) electrons. The maximum absolute atomic E-state index is 5.75. The molecule has 0 bridgehead atoms. The van der Waals surface area contributed by atoms with Crippen molar-refractivity contribution in [3.63, 3.8) is 0 Å². The summed E-state index contributed by atoms with van der Waals surface area (Å²) in [4.78, 5) is 2.39. The minimum atomic E-state index is 0.480. The first-order valence-electron chi connectivity index (χ1n) is 7.33. The van der Waals surface area contributed by atoms with E-state index >= 15 is 0 Å². The molecule has 0 aromatic carbocycles. The van der Waals surface area contributed by atoms with Crippen LogP contribution in [0.4, 0.5) is 0 Å². The van der Waals surface area contributed by atoms with Gasteiger partial charge in [0.1, 0.15) is 0 Å². The van der Waals surface area contributed by atoms with Gasteiger partial charge in [-0.25, -0.2) is 0 Å². The Bertz CT molecular complexity index is 170. The summed E-state index contributed by atoms with van der Waals surface area (Å²) >= 11 is 0. The molecular formula is C14H30N2O. The Morgan fingerprint density at radius 1 is 1.24 bits per heavy atom. The minimum Gasteiger partial charge on any atom is -0.377 e. The van der Waals surface area contributed by atoms with Gasteiger partial charge in [-0.05, 0) is 39.3 Å². The summed E-state index contributed by atoms with van der Waals surface area (Å²) < 4.78 is 5.75. The number of unbranched alkanes of at least 4 members (excludes halogenated alkanes) is 2. The maximum atomic E-state index is 5.75. The molecule has 1 aliphatic rings. The van der Waals surface area contributed by atoms with Gasteiger partial charge in [0, 0.05) is 26.2 Å². The highest BCUT2D eigenvalue weighted by Crippen LogP contribution is 2.13. The molecule has 1 atom stereocenters. The second-order valence-corrected chi connectivity index (χ2v) is 5.21. The summed E-state index contributed by atoms with van der Waals surface area (Å²) in [6.07, 6.45) is 8.28. The molecule has 0 saturated carbocycles. The summed E-state index contributed by atoms with van der Waals surface area (Å²) in [7, 11) is 2.20. The Kier molecular flexibility index (Phi) is 8.67. The molecule has 1 N–H and O–H groups in total. The smallest absolute Gasteiger partial charge is 0.0701 e.